The molecule has 1 aromatic heterocycles. The first-order chi connectivity index (χ1) is 7.89. The third kappa shape index (κ3) is 5.64. The van der Waals surface area contributed by atoms with Crippen LogP contribution in [-0.2, 0) is 6.42 Å². The van der Waals surface area contributed by atoms with Gasteiger partial charge < -0.3 is 5.32 Å². The highest BCUT2D eigenvalue weighted by Crippen LogP contribution is 2.28. The summed E-state index contributed by atoms with van der Waals surface area (Å²) in [4.78, 5) is 4.40. The number of hydrogen-bond acceptors (Lipinski definition) is 3. The van der Waals surface area contributed by atoms with Gasteiger partial charge in [-0.05, 0) is 36.8 Å². The first-order valence-corrected chi connectivity index (χ1v) is 7.41. The average Bonchev–Trinajstić information content (AvgIpc) is 2.66. The molecule has 0 amide bonds. The summed E-state index contributed by atoms with van der Waals surface area (Å²) < 4.78 is 0. The Morgan fingerprint density at radius 1 is 1.29 bits per heavy atom. The molecule has 1 aromatic rings. The van der Waals surface area contributed by atoms with Crippen LogP contribution in [0.15, 0.2) is 10.9 Å². The summed E-state index contributed by atoms with van der Waals surface area (Å²) in [7, 11) is 0. The van der Waals surface area contributed by atoms with E-state index in [1.54, 1.807) is 11.3 Å². The lowest BCUT2D eigenvalue weighted by Gasteiger charge is -2.31. The molecule has 0 fully saturated rings. The number of nitrogens with zero attached hydrogens (tertiary/aromatic N) is 1. The van der Waals surface area contributed by atoms with Crippen molar-refractivity contribution >= 4 is 11.3 Å². The molecule has 0 radical (unpaired) electrons. The Balaban J connectivity index is 2.50. The number of nitrogens with one attached hydrogen (secondary N) is 1. The maximum Gasteiger partial charge on any atom is 0.0794 e. The maximum atomic E-state index is 4.40. The Morgan fingerprint density at radius 2 is 2.00 bits per heavy atom. The molecule has 3 heteroatoms. The quantitative estimate of drug-likeness (QED) is 0.839. The molecular weight excluding hydrogens is 228 g/mol. The molecule has 0 aromatic carbocycles. The van der Waals surface area contributed by atoms with E-state index in [-0.39, 0.29) is 0 Å². The minimum Gasteiger partial charge on any atom is -0.316 e. The number of thiazole rings is 1. The van der Waals surface area contributed by atoms with Crippen molar-refractivity contribution in [3.63, 3.8) is 0 Å². The zero-order chi connectivity index (χ0) is 12.9. The first kappa shape index (κ1) is 14.7. The SMILES string of the molecule is CC(C)CNCC(Cc1cscn1)C(C)(C)C. The van der Waals surface area contributed by atoms with E-state index in [0.29, 0.717) is 11.3 Å². The van der Waals surface area contributed by atoms with E-state index >= 15 is 0 Å². The molecule has 0 bridgehead atoms. The van der Waals surface area contributed by atoms with Gasteiger partial charge in [-0.1, -0.05) is 34.6 Å². The maximum absolute atomic E-state index is 4.40. The molecule has 2 nitrogen and oxygen atoms in total. The van der Waals surface area contributed by atoms with Crippen LogP contribution in [0.5, 0.6) is 0 Å². The van der Waals surface area contributed by atoms with Crippen molar-refractivity contribution in [3.8, 4) is 0 Å². The minimum absolute atomic E-state index is 0.327. The van der Waals surface area contributed by atoms with Gasteiger partial charge in [0, 0.05) is 5.38 Å². The number of aromatic nitrogens is 1. The van der Waals surface area contributed by atoms with E-state index in [2.05, 4.69) is 50.3 Å². The lowest BCUT2D eigenvalue weighted by atomic mass is 9.78. The van der Waals surface area contributed by atoms with Crippen LogP contribution in [0, 0.1) is 17.3 Å². The van der Waals surface area contributed by atoms with Gasteiger partial charge in [0.15, 0.2) is 0 Å². The van der Waals surface area contributed by atoms with E-state index in [1.165, 1.54) is 5.69 Å². The zero-order valence-corrected chi connectivity index (χ0v) is 12.6. The Bertz CT molecular complexity index is 299. The third-order valence-corrected chi connectivity index (χ3v) is 3.74. The van der Waals surface area contributed by atoms with Crippen LogP contribution in [0.2, 0.25) is 0 Å². The molecule has 1 unspecified atom stereocenters. The van der Waals surface area contributed by atoms with Crippen LogP contribution in [-0.4, -0.2) is 18.1 Å². The number of hydrogen-bond donors (Lipinski definition) is 1. The Labute approximate surface area is 110 Å². The van der Waals surface area contributed by atoms with Crippen molar-refractivity contribution in [3.05, 3.63) is 16.6 Å². The lowest BCUT2D eigenvalue weighted by molar-refractivity contribution is 0.227. The Hall–Kier alpha value is -0.410. The predicted molar refractivity (Wildman–Crippen MR) is 76.5 cm³/mol. The second kappa shape index (κ2) is 6.50. The molecular formula is C14H26N2S. The van der Waals surface area contributed by atoms with E-state index in [1.807, 2.05) is 5.51 Å². The molecule has 0 aliphatic carbocycles. The normalized spacial score (nSPS) is 14.2. The van der Waals surface area contributed by atoms with Crippen molar-refractivity contribution in [2.75, 3.05) is 13.1 Å². The van der Waals surface area contributed by atoms with Crippen LogP contribution in [0.25, 0.3) is 0 Å². The summed E-state index contributed by atoms with van der Waals surface area (Å²) in [6.07, 6.45) is 1.08. The van der Waals surface area contributed by atoms with Crippen LogP contribution >= 0.6 is 11.3 Å². The molecule has 1 rings (SSSR count). The second-order valence-electron chi connectivity index (χ2n) is 6.30. The highest BCUT2D eigenvalue weighted by atomic mass is 32.1. The van der Waals surface area contributed by atoms with Gasteiger partial charge in [0.05, 0.1) is 11.2 Å². The van der Waals surface area contributed by atoms with Gasteiger partial charge in [-0.3, -0.25) is 0 Å². The predicted octanol–water partition coefficient (Wildman–Crippen LogP) is 3.59. The Morgan fingerprint density at radius 3 is 2.47 bits per heavy atom. The van der Waals surface area contributed by atoms with Gasteiger partial charge in [0.25, 0.3) is 0 Å². The molecule has 0 saturated carbocycles. The van der Waals surface area contributed by atoms with E-state index in [9.17, 15) is 0 Å². The molecule has 17 heavy (non-hydrogen) atoms. The summed E-state index contributed by atoms with van der Waals surface area (Å²) >= 11 is 1.69. The van der Waals surface area contributed by atoms with E-state index in [0.717, 1.165) is 25.4 Å². The van der Waals surface area contributed by atoms with Crippen molar-refractivity contribution in [2.45, 2.75) is 41.0 Å². The molecule has 98 valence electrons. The van der Waals surface area contributed by atoms with Gasteiger partial charge in [-0.2, -0.15) is 0 Å². The third-order valence-electron chi connectivity index (χ3n) is 3.11. The lowest BCUT2D eigenvalue weighted by Crippen LogP contribution is -2.35. The summed E-state index contributed by atoms with van der Waals surface area (Å²) in [6.45, 7) is 13.6. The summed E-state index contributed by atoms with van der Waals surface area (Å²) in [5, 5.41) is 5.75. The van der Waals surface area contributed by atoms with Crippen LogP contribution in [0.1, 0.15) is 40.3 Å². The molecule has 1 atom stereocenters. The van der Waals surface area contributed by atoms with Crippen LogP contribution < -0.4 is 5.32 Å². The highest BCUT2D eigenvalue weighted by molar-refractivity contribution is 7.07. The van der Waals surface area contributed by atoms with Gasteiger partial charge in [0.2, 0.25) is 0 Å². The minimum atomic E-state index is 0.327. The van der Waals surface area contributed by atoms with Crippen LogP contribution in [0.4, 0.5) is 0 Å². The molecule has 1 N–H and O–H groups in total. The van der Waals surface area contributed by atoms with Gasteiger partial charge in [-0.25, -0.2) is 4.98 Å². The smallest absolute Gasteiger partial charge is 0.0794 e. The van der Waals surface area contributed by atoms with Crippen molar-refractivity contribution in [2.24, 2.45) is 17.3 Å². The molecule has 0 aliphatic rings. The fourth-order valence-electron chi connectivity index (χ4n) is 1.82. The fourth-order valence-corrected chi connectivity index (χ4v) is 2.39. The highest BCUT2D eigenvalue weighted by Gasteiger charge is 2.25. The molecule has 0 aliphatic heterocycles. The van der Waals surface area contributed by atoms with Crippen LogP contribution in [0.3, 0.4) is 0 Å². The molecule has 1 heterocycles. The molecule has 0 spiro atoms. The summed E-state index contributed by atoms with van der Waals surface area (Å²) in [5.74, 6) is 1.36. The average molecular weight is 254 g/mol. The van der Waals surface area contributed by atoms with Gasteiger partial charge >= 0.3 is 0 Å². The van der Waals surface area contributed by atoms with Gasteiger partial charge in [-0.15, -0.1) is 11.3 Å². The second-order valence-corrected chi connectivity index (χ2v) is 7.02. The van der Waals surface area contributed by atoms with E-state index in [4.69, 9.17) is 0 Å². The monoisotopic (exact) mass is 254 g/mol. The van der Waals surface area contributed by atoms with Crippen molar-refractivity contribution in [1.29, 1.82) is 0 Å². The van der Waals surface area contributed by atoms with Crippen molar-refractivity contribution in [1.82, 2.24) is 10.3 Å². The van der Waals surface area contributed by atoms with E-state index < -0.39 is 0 Å². The largest absolute Gasteiger partial charge is 0.316 e. The Kier molecular flexibility index (Phi) is 5.60. The number of rotatable bonds is 6. The molecule has 0 saturated heterocycles. The topological polar surface area (TPSA) is 24.9 Å². The zero-order valence-electron chi connectivity index (χ0n) is 11.8. The van der Waals surface area contributed by atoms with Crippen molar-refractivity contribution < 1.29 is 0 Å². The van der Waals surface area contributed by atoms with Gasteiger partial charge in [0.1, 0.15) is 0 Å². The summed E-state index contributed by atoms with van der Waals surface area (Å²) in [6, 6.07) is 0. The fraction of sp³-hybridized carbons (Fsp3) is 0.786. The summed E-state index contributed by atoms with van der Waals surface area (Å²) in [5.41, 5.74) is 3.49. The first-order valence-electron chi connectivity index (χ1n) is 6.47. The standard InChI is InChI=1S/C14H26N2S/c1-11(2)7-15-8-12(14(3,4)5)6-13-9-17-10-16-13/h9-12,15H,6-8H2,1-5H3.